The molecule has 1 aliphatic carbocycles. The number of alkyl halides is 3. The third kappa shape index (κ3) is 7.36. The second kappa shape index (κ2) is 11.3. The van der Waals surface area contributed by atoms with Crippen molar-refractivity contribution in [2.24, 2.45) is 5.92 Å². The van der Waals surface area contributed by atoms with Crippen LogP contribution in [0.1, 0.15) is 51.8 Å². The molecule has 1 aliphatic heterocycles. The molecule has 5 rings (SSSR count). The Morgan fingerprint density at radius 1 is 1.02 bits per heavy atom. The molecule has 1 N–H and O–H groups in total. The van der Waals surface area contributed by atoms with Crippen molar-refractivity contribution in [1.29, 1.82) is 0 Å². The van der Waals surface area contributed by atoms with Gasteiger partial charge in [0.15, 0.2) is 0 Å². The zero-order valence-corrected chi connectivity index (χ0v) is 22.8. The minimum atomic E-state index is -4.77. The Morgan fingerprint density at radius 2 is 1.66 bits per heavy atom. The summed E-state index contributed by atoms with van der Waals surface area (Å²) in [5, 5.41) is 0. The molecule has 41 heavy (non-hydrogen) atoms. The summed E-state index contributed by atoms with van der Waals surface area (Å²) in [6.45, 7) is 1.57. The van der Waals surface area contributed by atoms with Crippen molar-refractivity contribution in [2.75, 3.05) is 26.0 Å². The third-order valence-corrected chi connectivity index (χ3v) is 7.57. The summed E-state index contributed by atoms with van der Waals surface area (Å²) in [5.74, 6) is -1.64. The highest BCUT2D eigenvalue weighted by Gasteiger charge is 2.36. The molecular weight excluding hydrogens is 564 g/mol. The van der Waals surface area contributed by atoms with Crippen LogP contribution in [0.5, 0.6) is 11.5 Å². The van der Waals surface area contributed by atoms with Crippen LogP contribution in [-0.2, 0) is 10.0 Å². The SMILES string of the molecule is CS(=O)(=O)NC(=O)c1cc(C2CC2)c(OCC2CN(C(c3ccccc3)c3ccc(OC(F)(F)F)cc3)C2)cc1F. The lowest BCUT2D eigenvalue weighted by Gasteiger charge is -2.44. The topological polar surface area (TPSA) is 84.9 Å². The Morgan fingerprint density at radius 3 is 2.24 bits per heavy atom. The Kier molecular flexibility index (Phi) is 7.97. The summed E-state index contributed by atoms with van der Waals surface area (Å²) in [5.41, 5.74) is 2.12. The second-order valence-corrected chi connectivity index (χ2v) is 12.2. The molecule has 2 aliphatic rings. The first-order valence-electron chi connectivity index (χ1n) is 13.0. The summed E-state index contributed by atoms with van der Waals surface area (Å²) in [6, 6.07) is 17.8. The standard InChI is InChI=1S/C29H28F4N2O5S/c1-41(37,38)34-28(36)24-13-23(19-7-8-19)26(14-25(24)30)39-17-18-15-35(16-18)27(20-5-3-2-4-6-20)21-9-11-22(12-10-21)40-29(31,32)33/h2-6,9-14,18-19,27H,7-8,15-17H2,1H3,(H,34,36). The number of benzene rings is 3. The van der Waals surface area contributed by atoms with Gasteiger partial charge in [-0.1, -0.05) is 42.5 Å². The monoisotopic (exact) mass is 592 g/mol. The molecule has 0 radical (unpaired) electrons. The number of hydrogen-bond acceptors (Lipinski definition) is 6. The predicted molar refractivity (Wildman–Crippen MR) is 143 cm³/mol. The van der Waals surface area contributed by atoms with Gasteiger partial charge in [0.1, 0.15) is 17.3 Å². The predicted octanol–water partition coefficient (Wildman–Crippen LogP) is 5.39. The van der Waals surface area contributed by atoms with Crippen molar-refractivity contribution in [2.45, 2.75) is 31.2 Å². The number of halogens is 4. The van der Waals surface area contributed by atoms with E-state index in [0.717, 1.165) is 36.3 Å². The van der Waals surface area contributed by atoms with Crippen molar-refractivity contribution < 1.29 is 40.2 Å². The molecule has 0 aromatic heterocycles. The number of nitrogens with zero attached hydrogens (tertiary/aromatic N) is 1. The van der Waals surface area contributed by atoms with Crippen LogP contribution in [0.25, 0.3) is 0 Å². The molecule has 0 spiro atoms. The molecule has 1 atom stereocenters. The first-order chi connectivity index (χ1) is 19.4. The second-order valence-electron chi connectivity index (χ2n) is 10.4. The van der Waals surface area contributed by atoms with E-state index in [1.165, 1.54) is 18.2 Å². The average Bonchev–Trinajstić information content (AvgIpc) is 3.70. The Bertz CT molecular complexity index is 1500. The highest BCUT2D eigenvalue weighted by Crippen LogP contribution is 2.45. The minimum absolute atomic E-state index is 0.109. The number of sulfonamides is 1. The zero-order chi connectivity index (χ0) is 29.4. The van der Waals surface area contributed by atoms with E-state index in [1.54, 1.807) is 16.9 Å². The van der Waals surface area contributed by atoms with Crippen LogP contribution in [0.2, 0.25) is 0 Å². The Balaban J connectivity index is 1.27. The number of likely N-dealkylation sites (tertiary alicyclic amines) is 1. The van der Waals surface area contributed by atoms with Crippen LogP contribution in [0.3, 0.4) is 0 Å². The van der Waals surface area contributed by atoms with Gasteiger partial charge in [0.05, 0.1) is 24.5 Å². The quantitative estimate of drug-likeness (QED) is 0.318. The van der Waals surface area contributed by atoms with E-state index in [2.05, 4.69) is 9.64 Å². The molecule has 3 aromatic carbocycles. The Hall–Kier alpha value is -3.64. The largest absolute Gasteiger partial charge is 0.573 e. The lowest BCUT2D eigenvalue weighted by Crippen LogP contribution is -2.51. The van der Waals surface area contributed by atoms with Gasteiger partial charge in [-0.15, -0.1) is 13.2 Å². The van der Waals surface area contributed by atoms with Crippen LogP contribution >= 0.6 is 0 Å². The normalized spacial score (nSPS) is 17.0. The maximum atomic E-state index is 14.8. The van der Waals surface area contributed by atoms with Crippen molar-refractivity contribution in [3.63, 3.8) is 0 Å². The fraction of sp³-hybridized carbons (Fsp3) is 0.345. The van der Waals surface area contributed by atoms with Gasteiger partial charge >= 0.3 is 6.36 Å². The summed E-state index contributed by atoms with van der Waals surface area (Å²) >= 11 is 0. The van der Waals surface area contributed by atoms with Gasteiger partial charge in [-0.2, -0.15) is 0 Å². The van der Waals surface area contributed by atoms with E-state index in [9.17, 15) is 30.8 Å². The van der Waals surface area contributed by atoms with Gasteiger partial charge in [-0.3, -0.25) is 9.69 Å². The fourth-order valence-electron chi connectivity index (χ4n) is 5.04. The maximum Gasteiger partial charge on any atom is 0.573 e. The highest BCUT2D eigenvalue weighted by atomic mass is 32.2. The van der Waals surface area contributed by atoms with Gasteiger partial charge in [0, 0.05) is 25.1 Å². The molecule has 1 unspecified atom stereocenters. The molecule has 1 heterocycles. The maximum absolute atomic E-state index is 14.8. The van der Waals surface area contributed by atoms with Gasteiger partial charge in [-0.05, 0) is 53.6 Å². The molecule has 1 amide bonds. The molecule has 1 saturated carbocycles. The number of carbonyl (C=O) groups is 1. The van der Waals surface area contributed by atoms with E-state index in [0.29, 0.717) is 31.0 Å². The number of carbonyl (C=O) groups excluding carboxylic acids is 1. The van der Waals surface area contributed by atoms with Crippen molar-refractivity contribution in [3.05, 3.63) is 94.8 Å². The fourth-order valence-corrected chi connectivity index (χ4v) is 5.49. The number of ether oxygens (including phenoxy) is 2. The van der Waals surface area contributed by atoms with E-state index in [1.807, 2.05) is 30.3 Å². The van der Waals surface area contributed by atoms with Gasteiger partial charge < -0.3 is 9.47 Å². The van der Waals surface area contributed by atoms with Crippen LogP contribution in [0.15, 0.2) is 66.7 Å². The van der Waals surface area contributed by atoms with E-state index in [-0.39, 0.29) is 29.2 Å². The molecule has 3 aromatic rings. The average molecular weight is 593 g/mol. The third-order valence-electron chi connectivity index (χ3n) is 7.01. The van der Waals surface area contributed by atoms with Crippen molar-refractivity contribution in [3.8, 4) is 11.5 Å². The van der Waals surface area contributed by atoms with Crippen molar-refractivity contribution >= 4 is 15.9 Å². The zero-order valence-electron chi connectivity index (χ0n) is 22.0. The van der Waals surface area contributed by atoms with Crippen LogP contribution in [0, 0.1) is 11.7 Å². The summed E-state index contributed by atoms with van der Waals surface area (Å²) < 4.78 is 87.3. The van der Waals surface area contributed by atoms with Gasteiger partial charge in [0.2, 0.25) is 10.0 Å². The molecule has 2 fully saturated rings. The lowest BCUT2D eigenvalue weighted by molar-refractivity contribution is -0.274. The molecule has 0 bridgehead atoms. The van der Waals surface area contributed by atoms with Crippen LogP contribution in [-0.4, -0.2) is 51.5 Å². The Labute approximate surface area is 235 Å². The smallest absolute Gasteiger partial charge is 0.493 e. The van der Waals surface area contributed by atoms with Crippen molar-refractivity contribution in [1.82, 2.24) is 9.62 Å². The summed E-state index contributed by atoms with van der Waals surface area (Å²) in [7, 11) is -3.85. The summed E-state index contributed by atoms with van der Waals surface area (Å²) in [6.07, 6.45) is -2.23. The molecule has 218 valence electrons. The molecular formula is C29H28F4N2O5S. The minimum Gasteiger partial charge on any atom is -0.493 e. The number of rotatable bonds is 10. The number of hydrogen-bond donors (Lipinski definition) is 1. The molecule has 1 saturated heterocycles. The van der Waals surface area contributed by atoms with E-state index >= 15 is 0 Å². The van der Waals surface area contributed by atoms with Crippen LogP contribution in [0.4, 0.5) is 17.6 Å². The number of nitrogens with one attached hydrogen (secondary N) is 1. The summed E-state index contributed by atoms with van der Waals surface area (Å²) in [4.78, 5) is 14.5. The molecule has 7 nitrogen and oxygen atoms in total. The first kappa shape index (κ1) is 28.9. The number of amides is 1. The van der Waals surface area contributed by atoms with E-state index in [4.69, 9.17) is 4.74 Å². The molecule has 12 heteroatoms. The van der Waals surface area contributed by atoms with Gasteiger partial charge in [-0.25, -0.2) is 17.5 Å². The lowest BCUT2D eigenvalue weighted by atomic mass is 9.90. The van der Waals surface area contributed by atoms with Gasteiger partial charge in [0.25, 0.3) is 5.91 Å². The highest BCUT2D eigenvalue weighted by molar-refractivity contribution is 7.89. The van der Waals surface area contributed by atoms with Crippen LogP contribution < -0.4 is 14.2 Å². The van der Waals surface area contributed by atoms with E-state index < -0.39 is 28.1 Å². The first-order valence-corrected chi connectivity index (χ1v) is 14.9.